The molecule has 0 radical (unpaired) electrons. The summed E-state index contributed by atoms with van der Waals surface area (Å²) in [6.45, 7) is 0.931. The van der Waals surface area contributed by atoms with Crippen LogP contribution >= 0.6 is 11.8 Å². The Morgan fingerprint density at radius 2 is 2.16 bits per heavy atom. The number of nitrogens with one attached hydrogen (secondary N) is 1. The second-order valence-electron chi connectivity index (χ2n) is 5.27. The number of rotatable bonds is 4. The van der Waals surface area contributed by atoms with Gasteiger partial charge in [0.1, 0.15) is 0 Å². The van der Waals surface area contributed by atoms with Gasteiger partial charge in [-0.15, -0.1) is 0 Å². The maximum absolute atomic E-state index is 4.35. The molecule has 1 aromatic carbocycles. The highest BCUT2D eigenvalue weighted by molar-refractivity contribution is 7.99. The minimum absolute atomic E-state index is 0.677. The van der Waals surface area contributed by atoms with Crippen LogP contribution in [0.25, 0.3) is 10.8 Å². The van der Waals surface area contributed by atoms with Crippen molar-refractivity contribution in [3.05, 3.63) is 42.2 Å². The van der Waals surface area contributed by atoms with E-state index in [2.05, 4.69) is 40.8 Å². The van der Waals surface area contributed by atoms with Gasteiger partial charge in [-0.1, -0.05) is 24.3 Å². The van der Waals surface area contributed by atoms with Gasteiger partial charge in [0.2, 0.25) is 0 Å². The van der Waals surface area contributed by atoms with Gasteiger partial charge in [0.25, 0.3) is 0 Å². The Labute approximate surface area is 119 Å². The highest BCUT2D eigenvalue weighted by Gasteiger charge is 2.23. The molecule has 1 saturated carbocycles. The van der Waals surface area contributed by atoms with E-state index in [1.165, 1.54) is 35.6 Å². The second kappa shape index (κ2) is 5.93. The van der Waals surface area contributed by atoms with Gasteiger partial charge in [0.05, 0.1) is 0 Å². The molecule has 100 valence electrons. The second-order valence-corrected chi connectivity index (χ2v) is 6.41. The fourth-order valence-corrected chi connectivity index (χ4v) is 3.71. The first-order valence-electron chi connectivity index (χ1n) is 6.94. The molecule has 1 fully saturated rings. The summed E-state index contributed by atoms with van der Waals surface area (Å²) in [6, 6.07) is 9.17. The average Bonchev–Trinajstić information content (AvgIpc) is 2.93. The van der Waals surface area contributed by atoms with E-state index in [0.717, 1.165) is 11.8 Å². The van der Waals surface area contributed by atoms with E-state index in [1.807, 2.05) is 24.2 Å². The third-order valence-corrected chi connectivity index (χ3v) is 5.14. The monoisotopic (exact) mass is 272 g/mol. The molecule has 2 atom stereocenters. The zero-order valence-electron chi connectivity index (χ0n) is 11.3. The number of pyridine rings is 1. The van der Waals surface area contributed by atoms with Crippen molar-refractivity contribution in [2.75, 3.05) is 6.26 Å². The lowest BCUT2D eigenvalue weighted by Gasteiger charge is -2.13. The lowest BCUT2D eigenvalue weighted by atomic mass is 10.1. The van der Waals surface area contributed by atoms with Crippen molar-refractivity contribution < 1.29 is 0 Å². The third kappa shape index (κ3) is 2.93. The van der Waals surface area contributed by atoms with Crippen molar-refractivity contribution in [2.24, 2.45) is 0 Å². The summed E-state index contributed by atoms with van der Waals surface area (Å²) >= 11 is 2.01. The third-order valence-electron chi connectivity index (χ3n) is 4.05. The molecule has 1 aliphatic carbocycles. The Balaban J connectivity index is 1.69. The largest absolute Gasteiger partial charge is 0.310 e. The molecular weight excluding hydrogens is 252 g/mol. The molecule has 0 spiro atoms. The topological polar surface area (TPSA) is 24.9 Å². The Morgan fingerprint density at radius 3 is 3.00 bits per heavy atom. The van der Waals surface area contributed by atoms with Crippen LogP contribution in [0.2, 0.25) is 0 Å². The zero-order chi connectivity index (χ0) is 13.1. The molecule has 0 amide bonds. The first kappa shape index (κ1) is 12.9. The fraction of sp³-hybridized carbons (Fsp3) is 0.438. The highest BCUT2D eigenvalue weighted by Crippen LogP contribution is 2.28. The summed E-state index contributed by atoms with van der Waals surface area (Å²) in [5, 5.41) is 7.11. The number of hydrogen-bond acceptors (Lipinski definition) is 3. The molecule has 1 aliphatic rings. The number of thioether (sulfide) groups is 1. The van der Waals surface area contributed by atoms with Gasteiger partial charge in [0.15, 0.2) is 0 Å². The average molecular weight is 272 g/mol. The van der Waals surface area contributed by atoms with Crippen LogP contribution in [-0.4, -0.2) is 22.5 Å². The van der Waals surface area contributed by atoms with Crippen molar-refractivity contribution in [3.63, 3.8) is 0 Å². The first-order valence-corrected chi connectivity index (χ1v) is 8.23. The maximum atomic E-state index is 4.35. The molecule has 3 heteroatoms. The normalized spacial score (nSPS) is 23.0. The summed E-state index contributed by atoms with van der Waals surface area (Å²) in [5.74, 6) is 0. The van der Waals surface area contributed by atoms with Gasteiger partial charge in [-0.25, -0.2) is 0 Å². The molecule has 1 aromatic heterocycles. The smallest absolute Gasteiger partial charge is 0.0346 e. The van der Waals surface area contributed by atoms with Gasteiger partial charge < -0.3 is 5.32 Å². The summed E-state index contributed by atoms with van der Waals surface area (Å²) in [4.78, 5) is 4.35. The van der Waals surface area contributed by atoms with Crippen LogP contribution in [0, 0.1) is 0 Å². The molecule has 1 N–H and O–H groups in total. The molecule has 0 saturated heterocycles. The van der Waals surface area contributed by atoms with Crippen molar-refractivity contribution in [1.82, 2.24) is 10.3 Å². The molecule has 0 aliphatic heterocycles. The Morgan fingerprint density at radius 1 is 1.26 bits per heavy atom. The predicted molar refractivity (Wildman–Crippen MR) is 83.5 cm³/mol. The van der Waals surface area contributed by atoms with E-state index in [0.29, 0.717) is 6.04 Å². The van der Waals surface area contributed by atoms with Gasteiger partial charge in [-0.3, -0.25) is 4.98 Å². The van der Waals surface area contributed by atoms with Gasteiger partial charge in [0, 0.05) is 35.6 Å². The summed E-state index contributed by atoms with van der Waals surface area (Å²) in [6.07, 6.45) is 10.1. The van der Waals surface area contributed by atoms with Crippen LogP contribution < -0.4 is 5.32 Å². The Bertz CT molecular complexity index is 550. The van der Waals surface area contributed by atoms with E-state index in [-0.39, 0.29) is 0 Å². The van der Waals surface area contributed by atoms with Crippen molar-refractivity contribution in [2.45, 2.75) is 37.1 Å². The molecule has 19 heavy (non-hydrogen) atoms. The minimum Gasteiger partial charge on any atom is -0.310 e. The Hall–Kier alpha value is -1.06. The van der Waals surface area contributed by atoms with Crippen LogP contribution in [0.3, 0.4) is 0 Å². The van der Waals surface area contributed by atoms with Crippen molar-refractivity contribution in [1.29, 1.82) is 0 Å². The molecule has 0 bridgehead atoms. The standard InChI is InChI=1S/C16H20N2S/c1-19-15-7-6-14(8-15)18-11-13-10-17-9-12-4-2-3-5-16(12)13/h2-5,9-10,14-15,18H,6-8,11H2,1H3. The number of hydrogen-bond donors (Lipinski definition) is 1. The fourth-order valence-electron chi connectivity index (χ4n) is 2.91. The van der Waals surface area contributed by atoms with Crippen LogP contribution in [0.15, 0.2) is 36.7 Å². The van der Waals surface area contributed by atoms with E-state index in [1.54, 1.807) is 0 Å². The molecule has 1 heterocycles. The summed E-state index contributed by atoms with van der Waals surface area (Å²) in [7, 11) is 0. The molecule has 2 aromatic rings. The lowest BCUT2D eigenvalue weighted by molar-refractivity contribution is 0.526. The van der Waals surface area contributed by atoms with Crippen LogP contribution in [0.4, 0.5) is 0 Å². The van der Waals surface area contributed by atoms with Crippen LogP contribution in [0.5, 0.6) is 0 Å². The van der Waals surface area contributed by atoms with Gasteiger partial charge >= 0.3 is 0 Å². The lowest BCUT2D eigenvalue weighted by Crippen LogP contribution is -2.26. The van der Waals surface area contributed by atoms with Crippen molar-refractivity contribution in [3.8, 4) is 0 Å². The molecular formula is C16H20N2S. The predicted octanol–water partition coefficient (Wildman–Crippen LogP) is 3.61. The van der Waals surface area contributed by atoms with Gasteiger partial charge in [-0.2, -0.15) is 11.8 Å². The summed E-state index contributed by atoms with van der Waals surface area (Å²) in [5.41, 5.74) is 1.31. The molecule has 2 nitrogen and oxygen atoms in total. The zero-order valence-corrected chi connectivity index (χ0v) is 12.1. The van der Waals surface area contributed by atoms with E-state index in [9.17, 15) is 0 Å². The maximum Gasteiger partial charge on any atom is 0.0346 e. The molecule has 3 rings (SSSR count). The molecule has 2 unspecified atom stereocenters. The summed E-state index contributed by atoms with van der Waals surface area (Å²) < 4.78 is 0. The first-order chi connectivity index (χ1) is 9.36. The van der Waals surface area contributed by atoms with E-state index < -0.39 is 0 Å². The van der Waals surface area contributed by atoms with Crippen LogP contribution in [0.1, 0.15) is 24.8 Å². The SMILES string of the molecule is CSC1CCC(NCc2cncc3ccccc23)C1. The van der Waals surface area contributed by atoms with E-state index >= 15 is 0 Å². The Kier molecular flexibility index (Phi) is 4.04. The number of aromatic nitrogens is 1. The van der Waals surface area contributed by atoms with Crippen LogP contribution in [-0.2, 0) is 6.54 Å². The van der Waals surface area contributed by atoms with E-state index in [4.69, 9.17) is 0 Å². The number of nitrogens with zero attached hydrogens (tertiary/aromatic N) is 1. The van der Waals surface area contributed by atoms with Gasteiger partial charge in [-0.05, 0) is 36.5 Å². The number of fused-ring (bicyclic) bond motifs is 1. The van der Waals surface area contributed by atoms with Crippen molar-refractivity contribution >= 4 is 22.5 Å². The highest BCUT2D eigenvalue weighted by atomic mass is 32.2. The number of benzene rings is 1. The minimum atomic E-state index is 0.677. The quantitative estimate of drug-likeness (QED) is 0.920.